The van der Waals surface area contributed by atoms with Crippen molar-refractivity contribution in [3.63, 3.8) is 0 Å². The summed E-state index contributed by atoms with van der Waals surface area (Å²) in [6, 6.07) is 9.83. The maximum absolute atomic E-state index is 12.5. The van der Waals surface area contributed by atoms with Crippen molar-refractivity contribution in [1.82, 2.24) is 14.8 Å². The average molecular weight is 399 g/mol. The van der Waals surface area contributed by atoms with Crippen LogP contribution in [0.3, 0.4) is 0 Å². The summed E-state index contributed by atoms with van der Waals surface area (Å²) in [5.41, 5.74) is 1.53. The minimum Gasteiger partial charge on any atom is -0.339 e. The minimum absolute atomic E-state index is 0.0346. The van der Waals surface area contributed by atoms with Crippen LogP contribution in [0.5, 0.6) is 0 Å². The van der Waals surface area contributed by atoms with Gasteiger partial charge in [-0.1, -0.05) is 51.1 Å². The third-order valence-electron chi connectivity index (χ3n) is 5.31. The molecule has 0 radical (unpaired) electrons. The van der Waals surface area contributed by atoms with Crippen LogP contribution >= 0.6 is 0 Å². The summed E-state index contributed by atoms with van der Waals surface area (Å²) in [5, 5.41) is 5.91. The van der Waals surface area contributed by atoms with Gasteiger partial charge in [-0.2, -0.15) is 5.10 Å². The highest BCUT2D eigenvalue weighted by molar-refractivity contribution is 6.02. The number of carbonyl (C=O) groups is 3. The van der Waals surface area contributed by atoms with Gasteiger partial charge in [0.15, 0.2) is 0 Å². The van der Waals surface area contributed by atoms with E-state index >= 15 is 0 Å². The van der Waals surface area contributed by atoms with Gasteiger partial charge in [0.25, 0.3) is 0 Å². The van der Waals surface area contributed by atoms with Crippen LogP contribution in [0, 0.1) is 5.41 Å². The Kier molecular flexibility index (Phi) is 6.35. The van der Waals surface area contributed by atoms with E-state index in [2.05, 4.69) is 5.10 Å². The van der Waals surface area contributed by atoms with Gasteiger partial charge < -0.3 is 9.80 Å². The second kappa shape index (κ2) is 8.76. The van der Waals surface area contributed by atoms with E-state index in [1.807, 2.05) is 56.0 Å². The van der Waals surface area contributed by atoms with Crippen molar-refractivity contribution in [2.45, 2.75) is 40.0 Å². The van der Waals surface area contributed by atoms with Crippen LogP contribution in [0.2, 0.25) is 0 Å². The van der Waals surface area contributed by atoms with Gasteiger partial charge in [0, 0.05) is 50.9 Å². The van der Waals surface area contributed by atoms with E-state index in [0.717, 1.165) is 17.7 Å². The summed E-state index contributed by atoms with van der Waals surface area (Å²) < 4.78 is 0. The molecule has 29 heavy (non-hydrogen) atoms. The molecule has 156 valence electrons. The van der Waals surface area contributed by atoms with Crippen molar-refractivity contribution in [1.29, 1.82) is 0 Å². The Labute approximate surface area is 172 Å². The highest BCUT2D eigenvalue weighted by Crippen LogP contribution is 2.19. The highest BCUT2D eigenvalue weighted by Gasteiger charge is 2.31. The number of hydrogen-bond donors (Lipinski definition) is 0. The first-order valence-electron chi connectivity index (χ1n) is 10.3. The zero-order chi connectivity index (χ0) is 21.0. The van der Waals surface area contributed by atoms with Crippen molar-refractivity contribution in [2.24, 2.45) is 10.5 Å². The predicted molar refractivity (Wildman–Crippen MR) is 111 cm³/mol. The van der Waals surface area contributed by atoms with E-state index in [1.165, 1.54) is 5.01 Å². The van der Waals surface area contributed by atoms with Crippen LogP contribution < -0.4 is 0 Å². The first kappa shape index (κ1) is 21.0. The van der Waals surface area contributed by atoms with Gasteiger partial charge in [-0.05, 0) is 5.56 Å². The lowest BCUT2D eigenvalue weighted by Gasteiger charge is -2.37. The lowest BCUT2D eigenvalue weighted by Crippen LogP contribution is -2.53. The van der Waals surface area contributed by atoms with Crippen molar-refractivity contribution in [3.8, 4) is 0 Å². The third-order valence-corrected chi connectivity index (χ3v) is 5.31. The second-order valence-corrected chi connectivity index (χ2v) is 8.60. The Morgan fingerprint density at radius 3 is 2.07 bits per heavy atom. The van der Waals surface area contributed by atoms with E-state index in [-0.39, 0.29) is 30.6 Å². The van der Waals surface area contributed by atoms with E-state index in [0.29, 0.717) is 32.7 Å². The SMILES string of the molecule is CC(C)(C)C(=O)N1CCN(C(=O)CCC(=O)N2CCC(c3ccccc3)=N2)CC1. The lowest BCUT2D eigenvalue weighted by atomic mass is 9.94. The summed E-state index contributed by atoms with van der Waals surface area (Å²) in [6.07, 6.45) is 1.07. The molecule has 2 heterocycles. The molecule has 0 aromatic heterocycles. The molecule has 0 atom stereocenters. The monoisotopic (exact) mass is 398 g/mol. The number of benzene rings is 1. The van der Waals surface area contributed by atoms with E-state index < -0.39 is 5.41 Å². The van der Waals surface area contributed by atoms with Gasteiger partial charge in [-0.3, -0.25) is 14.4 Å². The van der Waals surface area contributed by atoms with Gasteiger partial charge >= 0.3 is 0 Å². The van der Waals surface area contributed by atoms with Gasteiger partial charge in [0.05, 0.1) is 12.3 Å². The van der Waals surface area contributed by atoms with Crippen LogP contribution in [-0.2, 0) is 14.4 Å². The fourth-order valence-electron chi connectivity index (χ4n) is 3.60. The maximum atomic E-state index is 12.5. The molecule has 7 heteroatoms. The topological polar surface area (TPSA) is 73.3 Å². The molecule has 3 amide bonds. The fraction of sp³-hybridized carbons (Fsp3) is 0.545. The number of rotatable bonds is 4. The first-order valence-corrected chi connectivity index (χ1v) is 10.3. The molecule has 0 bridgehead atoms. The van der Waals surface area contributed by atoms with Crippen LogP contribution in [-0.4, -0.2) is 71.0 Å². The number of hydrogen-bond acceptors (Lipinski definition) is 4. The van der Waals surface area contributed by atoms with Gasteiger partial charge in [-0.15, -0.1) is 0 Å². The second-order valence-electron chi connectivity index (χ2n) is 8.60. The normalized spacial score (nSPS) is 17.3. The zero-order valence-corrected chi connectivity index (χ0v) is 17.6. The maximum Gasteiger partial charge on any atom is 0.243 e. The number of carbonyl (C=O) groups excluding carboxylic acids is 3. The Morgan fingerprint density at radius 2 is 1.45 bits per heavy atom. The molecule has 1 aromatic rings. The average Bonchev–Trinajstić information content (AvgIpc) is 3.22. The molecule has 2 aliphatic rings. The molecule has 0 aliphatic carbocycles. The molecule has 0 unspecified atom stereocenters. The molecule has 1 saturated heterocycles. The molecule has 2 aliphatic heterocycles. The van der Waals surface area contributed by atoms with Crippen molar-refractivity contribution >= 4 is 23.4 Å². The van der Waals surface area contributed by atoms with Gasteiger partial charge in [0.1, 0.15) is 0 Å². The van der Waals surface area contributed by atoms with E-state index in [1.54, 1.807) is 4.90 Å². The first-order chi connectivity index (χ1) is 13.8. The number of nitrogens with zero attached hydrogens (tertiary/aromatic N) is 4. The fourth-order valence-corrected chi connectivity index (χ4v) is 3.60. The van der Waals surface area contributed by atoms with Crippen LogP contribution in [0.15, 0.2) is 35.4 Å². The molecular weight excluding hydrogens is 368 g/mol. The predicted octanol–water partition coefficient (Wildman–Crippen LogP) is 2.12. The zero-order valence-electron chi connectivity index (χ0n) is 17.6. The van der Waals surface area contributed by atoms with Gasteiger partial charge in [0.2, 0.25) is 17.7 Å². The lowest BCUT2D eigenvalue weighted by molar-refractivity contribution is -0.145. The van der Waals surface area contributed by atoms with Crippen LogP contribution in [0.1, 0.15) is 45.6 Å². The summed E-state index contributed by atoms with van der Waals surface area (Å²) in [4.78, 5) is 40.9. The molecule has 0 spiro atoms. The Morgan fingerprint density at radius 1 is 0.862 bits per heavy atom. The Bertz CT molecular complexity index is 790. The standard InChI is InChI=1S/C22H30N4O3/c1-22(2,3)21(29)25-15-13-24(14-16-25)19(27)9-10-20(28)26-12-11-18(23-26)17-7-5-4-6-8-17/h4-8H,9-16H2,1-3H3. The van der Waals surface area contributed by atoms with Crippen molar-refractivity contribution < 1.29 is 14.4 Å². The number of hydrazone groups is 1. The third kappa shape index (κ3) is 5.22. The van der Waals surface area contributed by atoms with E-state index in [9.17, 15) is 14.4 Å². The van der Waals surface area contributed by atoms with Crippen LogP contribution in [0.4, 0.5) is 0 Å². The van der Waals surface area contributed by atoms with E-state index in [4.69, 9.17) is 0 Å². The quantitative estimate of drug-likeness (QED) is 0.780. The van der Waals surface area contributed by atoms with Gasteiger partial charge in [-0.25, -0.2) is 5.01 Å². The molecule has 0 saturated carbocycles. The summed E-state index contributed by atoms with van der Waals surface area (Å²) in [5.74, 6) is -0.0422. The molecule has 1 aromatic carbocycles. The molecule has 0 N–H and O–H groups in total. The smallest absolute Gasteiger partial charge is 0.243 e. The Balaban J connectivity index is 1.45. The van der Waals surface area contributed by atoms with Crippen LogP contribution in [0.25, 0.3) is 0 Å². The molecule has 3 rings (SSSR count). The highest BCUT2D eigenvalue weighted by atomic mass is 16.2. The largest absolute Gasteiger partial charge is 0.339 e. The van der Waals surface area contributed by atoms with Crippen molar-refractivity contribution in [2.75, 3.05) is 32.7 Å². The van der Waals surface area contributed by atoms with Crippen molar-refractivity contribution in [3.05, 3.63) is 35.9 Å². The number of amides is 3. The summed E-state index contributed by atoms with van der Waals surface area (Å²) in [7, 11) is 0. The number of piperazine rings is 1. The summed E-state index contributed by atoms with van der Waals surface area (Å²) in [6.45, 7) is 8.42. The molecular formula is C22H30N4O3. The Hall–Kier alpha value is -2.70. The molecule has 7 nitrogen and oxygen atoms in total. The molecule has 1 fully saturated rings. The summed E-state index contributed by atoms with van der Waals surface area (Å²) >= 11 is 0. The minimum atomic E-state index is -0.409.